The third-order valence-electron chi connectivity index (χ3n) is 2.28. The minimum absolute atomic E-state index is 0.0675. The van der Waals surface area contributed by atoms with Crippen LogP contribution in [-0.2, 0) is 0 Å². The second-order valence-corrected chi connectivity index (χ2v) is 5.02. The molecule has 1 aliphatic heterocycles. The Morgan fingerprint density at radius 2 is 1.79 bits per heavy atom. The number of rotatable bonds is 1. The van der Waals surface area contributed by atoms with Gasteiger partial charge in [0, 0.05) is 18.5 Å². The summed E-state index contributed by atoms with van der Waals surface area (Å²) < 4.78 is 0. The predicted molar refractivity (Wildman–Crippen MR) is 57.0 cm³/mol. The van der Waals surface area contributed by atoms with Gasteiger partial charge in [0.05, 0.1) is 5.70 Å². The van der Waals surface area contributed by atoms with Crippen molar-refractivity contribution in [1.29, 1.82) is 0 Å². The average molecular weight is 199 g/mol. The van der Waals surface area contributed by atoms with Crippen LogP contribution in [0.4, 0.5) is 0 Å². The van der Waals surface area contributed by atoms with Crippen molar-refractivity contribution in [3.05, 3.63) is 11.6 Å². The molecule has 1 aliphatic rings. The second kappa shape index (κ2) is 3.35. The van der Waals surface area contributed by atoms with E-state index >= 15 is 0 Å². The zero-order valence-electron chi connectivity index (χ0n) is 9.92. The highest BCUT2D eigenvalue weighted by atomic mass is 16.3. The van der Waals surface area contributed by atoms with Gasteiger partial charge in [-0.05, 0) is 13.8 Å². The summed E-state index contributed by atoms with van der Waals surface area (Å²) in [4.78, 5) is 0. The largest absolute Gasteiger partial charge is 0.492 e. The van der Waals surface area contributed by atoms with Gasteiger partial charge in [-0.2, -0.15) is 0 Å². The molecule has 4 heteroatoms. The van der Waals surface area contributed by atoms with Gasteiger partial charge in [0.15, 0.2) is 0 Å². The highest BCUT2D eigenvalue weighted by molar-refractivity contribution is 5.15. The van der Waals surface area contributed by atoms with Crippen molar-refractivity contribution in [2.24, 2.45) is 5.41 Å². The fourth-order valence-corrected chi connectivity index (χ4v) is 1.62. The fourth-order valence-electron chi connectivity index (χ4n) is 1.62. The first-order valence-corrected chi connectivity index (χ1v) is 4.98. The Hall–Kier alpha value is -0.900. The highest BCUT2D eigenvalue weighted by Gasteiger charge is 2.34. The van der Waals surface area contributed by atoms with Crippen LogP contribution in [0.2, 0.25) is 0 Å². The molecule has 0 aromatic heterocycles. The Kier molecular flexibility index (Phi) is 2.67. The van der Waals surface area contributed by atoms with Crippen LogP contribution in [0.5, 0.6) is 0 Å². The lowest BCUT2D eigenvalue weighted by Crippen LogP contribution is -2.44. The molecule has 0 unspecified atom stereocenters. The molecule has 0 spiro atoms. The molecule has 0 saturated heterocycles. The molecular formula is C10H21N3O. The van der Waals surface area contributed by atoms with E-state index in [1.807, 2.05) is 31.0 Å². The lowest BCUT2D eigenvalue weighted by Gasteiger charge is -2.29. The number of aliphatic hydroxyl groups excluding tert-OH is 1. The summed E-state index contributed by atoms with van der Waals surface area (Å²) in [7, 11) is 1.90. The Balaban J connectivity index is 2.99. The van der Waals surface area contributed by atoms with E-state index in [1.54, 1.807) is 0 Å². The zero-order chi connectivity index (χ0) is 11.1. The summed E-state index contributed by atoms with van der Waals surface area (Å²) in [6.07, 6.45) is 0. The molecule has 0 aromatic rings. The number of hydrazine groups is 2. The van der Waals surface area contributed by atoms with Gasteiger partial charge in [0.1, 0.15) is 0 Å². The predicted octanol–water partition coefficient (Wildman–Crippen LogP) is 1.83. The second-order valence-electron chi connectivity index (χ2n) is 5.02. The molecule has 0 aromatic carbocycles. The quantitative estimate of drug-likeness (QED) is 0.676. The molecule has 1 heterocycles. The van der Waals surface area contributed by atoms with E-state index in [-0.39, 0.29) is 11.5 Å². The Morgan fingerprint density at radius 3 is 2.00 bits per heavy atom. The van der Waals surface area contributed by atoms with Gasteiger partial charge in [0.2, 0.25) is 5.88 Å². The zero-order valence-corrected chi connectivity index (χ0v) is 9.92. The van der Waals surface area contributed by atoms with E-state index in [0.717, 1.165) is 5.70 Å². The molecule has 2 N–H and O–H groups in total. The fraction of sp³-hybridized carbons (Fsp3) is 0.800. The molecule has 0 fully saturated rings. The highest BCUT2D eigenvalue weighted by Crippen LogP contribution is 2.31. The van der Waals surface area contributed by atoms with E-state index in [9.17, 15) is 5.11 Å². The van der Waals surface area contributed by atoms with Crippen molar-refractivity contribution < 1.29 is 5.11 Å². The smallest absolute Gasteiger partial charge is 0.225 e. The molecule has 0 saturated carbocycles. The van der Waals surface area contributed by atoms with Crippen LogP contribution in [0.3, 0.4) is 0 Å². The van der Waals surface area contributed by atoms with Crippen molar-refractivity contribution in [3.8, 4) is 0 Å². The number of nitrogens with zero attached hydrogens (tertiary/aromatic N) is 2. The maximum absolute atomic E-state index is 10.0. The first-order valence-electron chi connectivity index (χ1n) is 4.98. The van der Waals surface area contributed by atoms with Crippen LogP contribution in [-0.4, -0.2) is 28.3 Å². The molecule has 1 rings (SSSR count). The standard InChI is InChI=1S/C10H21N3O/c1-7(2)13-9(14)8(10(3,4)5)11-12(13)6/h7,11,14H,1-6H3. The van der Waals surface area contributed by atoms with Crippen LogP contribution in [0, 0.1) is 5.41 Å². The maximum Gasteiger partial charge on any atom is 0.225 e. The lowest BCUT2D eigenvalue weighted by atomic mass is 9.92. The van der Waals surface area contributed by atoms with Crippen LogP contribution >= 0.6 is 0 Å². The average Bonchev–Trinajstić information content (AvgIpc) is 2.24. The van der Waals surface area contributed by atoms with E-state index in [0.29, 0.717) is 5.88 Å². The molecule has 4 nitrogen and oxygen atoms in total. The van der Waals surface area contributed by atoms with Crippen LogP contribution in [0.25, 0.3) is 0 Å². The van der Waals surface area contributed by atoms with E-state index < -0.39 is 0 Å². The summed E-state index contributed by atoms with van der Waals surface area (Å²) in [6, 6.07) is 0.243. The van der Waals surface area contributed by atoms with Gasteiger partial charge in [-0.15, -0.1) is 5.12 Å². The molecule has 0 aliphatic carbocycles. The third-order valence-corrected chi connectivity index (χ3v) is 2.28. The van der Waals surface area contributed by atoms with Gasteiger partial charge < -0.3 is 5.11 Å². The third kappa shape index (κ3) is 1.80. The van der Waals surface area contributed by atoms with E-state index in [1.165, 1.54) is 0 Å². The number of allylic oxidation sites excluding steroid dienone is 1. The molecule has 14 heavy (non-hydrogen) atoms. The first kappa shape index (κ1) is 11.2. The summed E-state index contributed by atoms with van der Waals surface area (Å²) in [5.41, 5.74) is 3.97. The van der Waals surface area contributed by atoms with E-state index in [2.05, 4.69) is 26.2 Å². The normalized spacial score (nSPS) is 19.5. The van der Waals surface area contributed by atoms with Gasteiger partial charge in [-0.25, -0.2) is 0 Å². The molecular weight excluding hydrogens is 178 g/mol. The van der Waals surface area contributed by atoms with Crippen LogP contribution in [0.15, 0.2) is 11.6 Å². The van der Waals surface area contributed by atoms with Crippen molar-refractivity contribution in [1.82, 2.24) is 15.6 Å². The number of nitrogens with one attached hydrogen (secondary N) is 1. The summed E-state index contributed by atoms with van der Waals surface area (Å²) in [5, 5.41) is 13.7. The summed E-state index contributed by atoms with van der Waals surface area (Å²) in [6.45, 7) is 10.3. The SMILES string of the molecule is CC(C)N1C(O)=C(C(C)(C)C)NN1C. The minimum Gasteiger partial charge on any atom is -0.492 e. The van der Waals surface area contributed by atoms with Crippen molar-refractivity contribution in [3.63, 3.8) is 0 Å². The van der Waals surface area contributed by atoms with Gasteiger partial charge in [-0.3, -0.25) is 10.4 Å². The van der Waals surface area contributed by atoms with Gasteiger partial charge in [0.25, 0.3) is 0 Å². The van der Waals surface area contributed by atoms with Crippen molar-refractivity contribution >= 4 is 0 Å². The minimum atomic E-state index is -0.0675. The number of hydrogen-bond donors (Lipinski definition) is 2. The molecule has 82 valence electrons. The Bertz CT molecular complexity index is 253. The molecule has 0 bridgehead atoms. The van der Waals surface area contributed by atoms with Gasteiger partial charge >= 0.3 is 0 Å². The Morgan fingerprint density at radius 1 is 1.29 bits per heavy atom. The van der Waals surface area contributed by atoms with Crippen molar-refractivity contribution in [2.45, 2.75) is 40.7 Å². The Labute approximate surface area is 86.1 Å². The molecule has 0 radical (unpaired) electrons. The first-order chi connectivity index (χ1) is 6.25. The number of hydrogen-bond acceptors (Lipinski definition) is 4. The monoisotopic (exact) mass is 199 g/mol. The number of aliphatic hydroxyl groups is 1. The van der Waals surface area contributed by atoms with Crippen LogP contribution < -0.4 is 5.43 Å². The maximum atomic E-state index is 10.0. The molecule has 0 amide bonds. The topological polar surface area (TPSA) is 38.7 Å². The van der Waals surface area contributed by atoms with E-state index in [4.69, 9.17) is 0 Å². The summed E-state index contributed by atoms with van der Waals surface area (Å²) in [5.74, 6) is 0.329. The summed E-state index contributed by atoms with van der Waals surface area (Å²) >= 11 is 0. The lowest BCUT2D eigenvalue weighted by molar-refractivity contribution is -0.0342. The van der Waals surface area contributed by atoms with Crippen molar-refractivity contribution in [2.75, 3.05) is 7.05 Å². The van der Waals surface area contributed by atoms with Crippen LogP contribution in [0.1, 0.15) is 34.6 Å². The molecule has 0 atom stereocenters. The van der Waals surface area contributed by atoms with Gasteiger partial charge in [-0.1, -0.05) is 20.8 Å².